The summed E-state index contributed by atoms with van der Waals surface area (Å²) < 4.78 is 6.99. The maximum atomic E-state index is 6.99. The van der Waals surface area contributed by atoms with Crippen molar-refractivity contribution in [3.63, 3.8) is 0 Å². The molecule has 0 radical (unpaired) electrons. The maximum absolute atomic E-state index is 6.99. The van der Waals surface area contributed by atoms with Gasteiger partial charge in [0.1, 0.15) is 11.5 Å². The van der Waals surface area contributed by atoms with E-state index in [0.29, 0.717) is 0 Å². The van der Waals surface area contributed by atoms with Gasteiger partial charge < -0.3 is 14.5 Å². The van der Waals surface area contributed by atoms with Crippen LogP contribution in [0.4, 0.5) is 34.1 Å². The Labute approximate surface area is 477 Å². The Hall–Kier alpha value is -10.5. The van der Waals surface area contributed by atoms with Gasteiger partial charge in [0.2, 0.25) is 0 Å². The van der Waals surface area contributed by atoms with E-state index in [0.717, 1.165) is 56.8 Å². The second-order valence-electron chi connectivity index (χ2n) is 22.1. The molecule has 0 bridgehead atoms. The van der Waals surface area contributed by atoms with Crippen LogP contribution < -0.4 is 14.5 Å². The molecule has 1 heterocycles. The highest BCUT2D eigenvalue weighted by atomic mass is 16.5. The largest absolute Gasteiger partial charge is 0.457 e. The molecule has 386 valence electrons. The van der Waals surface area contributed by atoms with Gasteiger partial charge in [0.05, 0.1) is 5.41 Å². The van der Waals surface area contributed by atoms with E-state index >= 15 is 0 Å². The van der Waals surface area contributed by atoms with E-state index in [-0.39, 0.29) is 0 Å². The van der Waals surface area contributed by atoms with E-state index in [4.69, 9.17) is 4.74 Å². The van der Waals surface area contributed by atoms with Crippen molar-refractivity contribution in [2.24, 2.45) is 0 Å². The molecule has 0 amide bonds. The summed E-state index contributed by atoms with van der Waals surface area (Å²) in [6.45, 7) is 4.32. The topological polar surface area (TPSA) is 15.7 Å². The van der Waals surface area contributed by atoms with Crippen molar-refractivity contribution in [3.05, 3.63) is 325 Å². The van der Waals surface area contributed by atoms with E-state index in [1.807, 2.05) is 0 Å². The van der Waals surface area contributed by atoms with Crippen LogP contribution in [0.25, 0.3) is 76.5 Å². The molecule has 2 aliphatic rings. The smallest absolute Gasteiger partial charge is 0.132 e. The van der Waals surface area contributed by atoms with Gasteiger partial charge in [-0.3, -0.25) is 0 Å². The lowest BCUT2D eigenvalue weighted by Crippen LogP contribution is -2.32. The summed E-state index contributed by atoms with van der Waals surface area (Å²) in [5, 5.41) is 9.79. The number of rotatable bonds is 8. The average molecular weight is 1050 g/mol. The molecule has 0 saturated heterocycles. The monoisotopic (exact) mass is 1050 g/mol. The number of benzene rings is 14. The standard InChI is InChI=1S/C79H54N2O/c1-51-29-37-57(38-30-51)80(59-41-33-55(34-42-59)65-23-13-17-53-15-3-5-19-63(53)65)61-45-47-69-71(49-61)67-21-7-8-22-68(67)77-70-48-46-62(50-74(70)79(78(69)77)72-25-9-11-27-75(72)82-76-28-12-10-26-73(76)79)81(58-39-31-52(2)32-40-58)60-43-35-56(36-44-60)66-24-14-18-54-16-4-6-20-64(54)66/h3-50H,1-2H3. The number of hydrogen-bond donors (Lipinski definition) is 0. The average Bonchev–Trinajstić information content (AvgIpc) is 2.90. The molecule has 16 rings (SSSR count). The van der Waals surface area contributed by atoms with Crippen LogP contribution in [0.2, 0.25) is 0 Å². The second kappa shape index (κ2) is 18.8. The van der Waals surface area contributed by atoms with E-state index < -0.39 is 5.41 Å². The van der Waals surface area contributed by atoms with Crippen LogP contribution in [-0.2, 0) is 5.41 Å². The van der Waals surface area contributed by atoms with Crippen LogP contribution in [0.5, 0.6) is 11.5 Å². The molecule has 1 aliphatic heterocycles. The van der Waals surface area contributed by atoms with Crippen molar-refractivity contribution in [2.75, 3.05) is 9.80 Å². The first-order valence-corrected chi connectivity index (χ1v) is 28.4. The highest BCUT2D eigenvalue weighted by Crippen LogP contribution is 2.65. The third-order valence-corrected chi connectivity index (χ3v) is 17.4. The second-order valence-corrected chi connectivity index (χ2v) is 22.1. The van der Waals surface area contributed by atoms with Gasteiger partial charge in [-0.1, -0.05) is 217 Å². The van der Waals surface area contributed by atoms with Gasteiger partial charge in [0.25, 0.3) is 0 Å². The van der Waals surface area contributed by atoms with Crippen molar-refractivity contribution >= 4 is 77.2 Å². The molecule has 0 atom stereocenters. The van der Waals surface area contributed by atoms with E-state index in [9.17, 15) is 0 Å². The zero-order valence-electron chi connectivity index (χ0n) is 45.5. The molecule has 0 fully saturated rings. The molecule has 82 heavy (non-hydrogen) atoms. The summed E-state index contributed by atoms with van der Waals surface area (Å²) in [7, 11) is 0. The molecular weight excluding hydrogens is 993 g/mol. The highest BCUT2D eigenvalue weighted by molar-refractivity contribution is 6.20. The minimum atomic E-state index is -0.777. The van der Waals surface area contributed by atoms with Crippen LogP contribution in [0.15, 0.2) is 291 Å². The molecule has 0 N–H and O–H groups in total. The Morgan fingerprint density at radius 3 is 1.23 bits per heavy atom. The quantitative estimate of drug-likeness (QED) is 0.141. The number of fused-ring (bicyclic) bond motifs is 16. The first-order valence-electron chi connectivity index (χ1n) is 28.4. The van der Waals surface area contributed by atoms with Crippen molar-refractivity contribution in [3.8, 4) is 44.9 Å². The summed E-state index contributed by atoms with van der Waals surface area (Å²) in [6, 6.07) is 108. The van der Waals surface area contributed by atoms with Gasteiger partial charge >= 0.3 is 0 Å². The van der Waals surface area contributed by atoms with Gasteiger partial charge in [-0.15, -0.1) is 0 Å². The lowest BCUT2D eigenvalue weighted by Gasteiger charge is -2.40. The fourth-order valence-electron chi connectivity index (χ4n) is 13.7. The van der Waals surface area contributed by atoms with Gasteiger partial charge in [-0.2, -0.15) is 0 Å². The molecule has 0 saturated carbocycles. The predicted molar refractivity (Wildman–Crippen MR) is 344 cm³/mol. The number of para-hydroxylation sites is 2. The van der Waals surface area contributed by atoms with Gasteiger partial charge in [-0.25, -0.2) is 0 Å². The fraction of sp³-hybridized carbons (Fsp3) is 0.0380. The predicted octanol–water partition coefficient (Wildman–Crippen LogP) is 21.7. The molecule has 14 aromatic rings. The minimum absolute atomic E-state index is 0.777. The molecule has 14 aromatic carbocycles. The summed E-state index contributed by atoms with van der Waals surface area (Å²) in [5.74, 6) is 1.72. The molecular formula is C79H54N2O. The van der Waals surface area contributed by atoms with Crippen LogP contribution >= 0.6 is 0 Å². The first-order chi connectivity index (χ1) is 40.5. The summed E-state index contributed by atoms with van der Waals surface area (Å²) in [5.41, 5.74) is 20.2. The van der Waals surface area contributed by atoms with E-state index in [2.05, 4.69) is 315 Å². The van der Waals surface area contributed by atoms with Crippen LogP contribution in [0.1, 0.15) is 33.4 Å². The van der Waals surface area contributed by atoms with E-state index in [1.165, 1.54) is 98.7 Å². The summed E-state index contributed by atoms with van der Waals surface area (Å²) in [4.78, 5) is 4.84. The number of ether oxygens (including phenoxy) is 1. The van der Waals surface area contributed by atoms with Crippen molar-refractivity contribution in [1.82, 2.24) is 0 Å². The highest BCUT2D eigenvalue weighted by Gasteiger charge is 2.53. The molecule has 1 aliphatic carbocycles. The Morgan fingerprint density at radius 2 is 0.695 bits per heavy atom. The summed E-state index contributed by atoms with van der Waals surface area (Å²) in [6.07, 6.45) is 0. The molecule has 3 heteroatoms. The first kappa shape index (κ1) is 47.5. The lowest BCUT2D eigenvalue weighted by atomic mass is 9.65. The number of aryl methyl sites for hydroxylation is 2. The normalized spacial score (nSPS) is 12.7. The Balaban J connectivity index is 0.920. The molecule has 3 nitrogen and oxygen atoms in total. The summed E-state index contributed by atoms with van der Waals surface area (Å²) >= 11 is 0. The molecule has 1 spiro atoms. The third kappa shape index (κ3) is 7.36. The van der Waals surface area contributed by atoms with Crippen molar-refractivity contribution in [2.45, 2.75) is 19.3 Å². The number of hydrogen-bond acceptors (Lipinski definition) is 3. The Morgan fingerprint density at radius 1 is 0.280 bits per heavy atom. The van der Waals surface area contributed by atoms with Crippen molar-refractivity contribution < 1.29 is 4.74 Å². The molecule has 0 aromatic heterocycles. The maximum Gasteiger partial charge on any atom is 0.132 e. The van der Waals surface area contributed by atoms with E-state index in [1.54, 1.807) is 0 Å². The third-order valence-electron chi connectivity index (χ3n) is 17.4. The SMILES string of the molecule is Cc1ccc(N(c2ccc(-c3cccc4ccccc34)cc2)c2ccc3c(c2)C2(c4ccccc4Oc4ccccc42)c2c-3c3ccccc3c3cc(N(c4ccc(C)cc4)c4ccc(-c5cccc6ccccc56)cc4)ccc23)cc1. The van der Waals surface area contributed by atoms with Gasteiger partial charge in [0.15, 0.2) is 0 Å². The molecule has 0 unspecified atom stereocenters. The van der Waals surface area contributed by atoms with Crippen LogP contribution in [0, 0.1) is 13.8 Å². The number of anilines is 6. The number of nitrogens with zero attached hydrogens (tertiary/aromatic N) is 2. The zero-order chi connectivity index (χ0) is 54.5. The Bertz CT molecular complexity index is 4790. The van der Waals surface area contributed by atoms with Gasteiger partial charge in [-0.05, 0) is 186 Å². The van der Waals surface area contributed by atoms with Crippen LogP contribution in [0.3, 0.4) is 0 Å². The zero-order valence-corrected chi connectivity index (χ0v) is 45.5. The minimum Gasteiger partial charge on any atom is -0.457 e. The fourth-order valence-corrected chi connectivity index (χ4v) is 13.7. The van der Waals surface area contributed by atoms with Crippen molar-refractivity contribution in [1.29, 1.82) is 0 Å². The Kier molecular flexibility index (Phi) is 10.9. The van der Waals surface area contributed by atoms with Gasteiger partial charge in [0, 0.05) is 45.3 Å². The van der Waals surface area contributed by atoms with Crippen LogP contribution in [-0.4, -0.2) is 0 Å². The lowest BCUT2D eigenvalue weighted by molar-refractivity contribution is 0.437.